The Kier molecular flexibility index (Phi) is 3.55. The maximum atomic E-state index is 5.08. The second-order valence-corrected chi connectivity index (χ2v) is 3.02. The first-order valence-corrected chi connectivity index (χ1v) is 4.27. The van der Waals surface area contributed by atoms with Crippen LogP contribution in [0.4, 0.5) is 5.95 Å². The van der Waals surface area contributed by atoms with Crippen molar-refractivity contribution in [3.63, 3.8) is 0 Å². The topological polar surface area (TPSA) is 37.8 Å². The number of nitrogens with zero attached hydrogens (tertiary/aromatic N) is 2. The van der Waals surface area contributed by atoms with Gasteiger partial charge < -0.3 is 5.32 Å². The maximum absolute atomic E-state index is 5.08. The van der Waals surface area contributed by atoms with Crippen LogP contribution in [-0.2, 0) is 0 Å². The van der Waals surface area contributed by atoms with Crippen LogP contribution in [0.5, 0.6) is 0 Å². The molecule has 0 fully saturated rings. The summed E-state index contributed by atoms with van der Waals surface area (Å²) >= 11 is 3.24. The molecule has 0 amide bonds. The number of terminal acetylenes is 1. The quantitative estimate of drug-likeness (QED) is 0.629. The minimum atomic E-state index is 0.605. The van der Waals surface area contributed by atoms with Gasteiger partial charge in [0.1, 0.15) is 0 Å². The van der Waals surface area contributed by atoms with Crippen molar-refractivity contribution in [1.82, 2.24) is 9.97 Å². The van der Waals surface area contributed by atoms with E-state index in [9.17, 15) is 0 Å². The molecule has 1 aromatic rings. The van der Waals surface area contributed by atoms with E-state index in [2.05, 4.69) is 37.1 Å². The van der Waals surface area contributed by atoms with Crippen molar-refractivity contribution in [2.75, 3.05) is 11.9 Å². The van der Waals surface area contributed by atoms with Gasteiger partial charge in [0.15, 0.2) is 0 Å². The molecule has 1 N–H and O–H groups in total. The molecule has 62 valence electrons. The minimum Gasteiger partial charge on any atom is -0.353 e. The Morgan fingerprint density at radius 1 is 1.50 bits per heavy atom. The lowest BCUT2D eigenvalue weighted by molar-refractivity contribution is 1.03. The lowest BCUT2D eigenvalue weighted by atomic mass is 10.4. The normalized spacial score (nSPS) is 9.00. The highest BCUT2D eigenvalue weighted by atomic mass is 79.9. The molecule has 0 unspecified atom stereocenters. The summed E-state index contributed by atoms with van der Waals surface area (Å²) in [5.74, 6) is 3.13. The van der Waals surface area contributed by atoms with Crippen molar-refractivity contribution in [1.29, 1.82) is 0 Å². The molecule has 0 bridgehead atoms. The van der Waals surface area contributed by atoms with E-state index in [1.807, 2.05) is 0 Å². The predicted octanol–water partition coefficient (Wildman–Crippen LogP) is 1.67. The molecule has 4 heteroatoms. The third kappa shape index (κ3) is 2.89. The summed E-state index contributed by atoms with van der Waals surface area (Å²) in [6.07, 6.45) is 9.13. The van der Waals surface area contributed by atoms with E-state index in [1.165, 1.54) is 0 Å². The standard InChI is InChI=1S/C8H8BrN3/c1-2-3-4-10-8-11-5-7(9)6-12-8/h1,5-6H,3-4H2,(H,10,11,12). The van der Waals surface area contributed by atoms with Crippen LogP contribution in [0.2, 0.25) is 0 Å². The summed E-state index contributed by atoms with van der Waals surface area (Å²) in [7, 11) is 0. The number of anilines is 1. The molecule has 1 aromatic heterocycles. The predicted molar refractivity (Wildman–Crippen MR) is 51.7 cm³/mol. The second kappa shape index (κ2) is 4.73. The number of nitrogens with one attached hydrogen (secondary N) is 1. The molecule has 0 saturated carbocycles. The van der Waals surface area contributed by atoms with Gasteiger partial charge in [-0.1, -0.05) is 0 Å². The zero-order valence-corrected chi connectivity index (χ0v) is 8.00. The maximum Gasteiger partial charge on any atom is 0.222 e. The van der Waals surface area contributed by atoms with Crippen molar-refractivity contribution in [3.05, 3.63) is 16.9 Å². The van der Waals surface area contributed by atoms with Crippen LogP contribution in [0.25, 0.3) is 0 Å². The number of rotatable bonds is 3. The van der Waals surface area contributed by atoms with E-state index in [0.717, 1.165) is 4.47 Å². The SMILES string of the molecule is C#CCCNc1ncc(Br)cn1. The lowest BCUT2D eigenvalue weighted by Gasteiger charge is -2.00. The van der Waals surface area contributed by atoms with Gasteiger partial charge in [-0.25, -0.2) is 9.97 Å². The van der Waals surface area contributed by atoms with Crippen molar-refractivity contribution < 1.29 is 0 Å². The number of hydrogen-bond donors (Lipinski definition) is 1. The fourth-order valence-corrected chi connectivity index (χ4v) is 0.855. The van der Waals surface area contributed by atoms with Crippen LogP contribution in [0, 0.1) is 12.3 Å². The Morgan fingerprint density at radius 2 is 2.17 bits per heavy atom. The molecule has 0 saturated heterocycles. The summed E-state index contributed by atoms with van der Waals surface area (Å²) in [5, 5.41) is 2.99. The smallest absolute Gasteiger partial charge is 0.222 e. The zero-order valence-electron chi connectivity index (χ0n) is 6.42. The van der Waals surface area contributed by atoms with Gasteiger partial charge in [0.25, 0.3) is 0 Å². The van der Waals surface area contributed by atoms with E-state index in [-0.39, 0.29) is 0 Å². The van der Waals surface area contributed by atoms with E-state index >= 15 is 0 Å². The summed E-state index contributed by atoms with van der Waals surface area (Å²) in [5.41, 5.74) is 0. The number of aromatic nitrogens is 2. The van der Waals surface area contributed by atoms with E-state index in [4.69, 9.17) is 6.42 Å². The molecular weight excluding hydrogens is 218 g/mol. The van der Waals surface area contributed by atoms with Gasteiger partial charge in [-0.05, 0) is 15.9 Å². The summed E-state index contributed by atoms with van der Waals surface area (Å²) in [4.78, 5) is 8.02. The first kappa shape index (κ1) is 9.01. The Hall–Kier alpha value is -1.08. The average molecular weight is 226 g/mol. The highest BCUT2D eigenvalue weighted by Crippen LogP contribution is 2.06. The third-order valence-electron chi connectivity index (χ3n) is 1.17. The molecule has 0 radical (unpaired) electrons. The van der Waals surface area contributed by atoms with Crippen LogP contribution >= 0.6 is 15.9 Å². The van der Waals surface area contributed by atoms with Crippen molar-refractivity contribution in [2.24, 2.45) is 0 Å². The zero-order chi connectivity index (χ0) is 8.81. The van der Waals surface area contributed by atoms with Gasteiger partial charge in [-0.2, -0.15) is 0 Å². The van der Waals surface area contributed by atoms with Crippen LogP contribution < -0.4 is 5.32 Å². The fourth-order valence-electron chi connectivity index (χ4n) is 0.650. The molecule has 0 spiro atoms. The Balaban J connectivity index is 2.43. The van der Waals surface area contributed by atoms with E-state index in [1.54, 1.807) is 12.4 Å². The Labute approximate surface area is 79.7 Å². The molecule has 0 aliphatic carbocycles. The van der Waals surface area contributed by atoms with Crippen LogP contribution in [0.15, 0.2) is 16.9 Å². The molecule has 1 rings (SSSR count). The fraction of sp³-hybridized carbons (Fsp3) is 0.250. The molecule has 0 aromatic carbocycles. The van der Waals surface area contributed by atoms with Crippen LogP contribution in [-0.4, -0.2) is 16.5 Å². The Morgan fingerprint density at radius 3 is 2.75 bits per heavy atom. The molecule has 0 atom stereocenters. The van der Waals surface area contributed by atoms with Crippen LogP contribution in [0.3, 0.4) is 0 Å². The van der Waals surface area contributed by atoms with Gasteiger partial charge in [-0.3, -0.25) is 0 Å². The van der Waals surface area contributed by atoms with Crippen molar-refractivity contribution in [3.8, 4) is 12.3 Å². The van der Waals surface area contributed by atoms with Crippen molar-refractivity contribution >= 4 is 21.9 Å². The molecule has 3 nitrogen and oxygen atoms in total. The van der Waals surface area contributed by atoms with Crippen molar-refractivity contribution in [2.45, 2.75) is 6.42 Å². The third-order valence-corrected chi connectivity index (χ3v) is 1.58. The van der Waals surface area contributed by atoms with Gasteiger partial charge in [0.2, 0.25) is 5.95 Å². The average Bonchev–Trinajstić information content (AvgIpc) is 2.09. The number of hydrogen-bond acceptors (Lipinski definition) is 3. The molecule has 0 aliphatic rings. The highest BCUT2D eigenvalue weighted by Gasteiger charge is 1.92. The van der Waals surface area contributed by atoms with E-state index < -0.39 is 0 Å². The van der Waals surface area contributed by atoms with Gasteiger partial charge in [0.05, 0.1) is 4.47 Å². The molecule has 1 heterocycles. The number of halogens is 1. The van der Waals surface area contributed by atoms with Gasteiger partial charge in [0, 0.05) is 25.4 Å². The first-order chi connectivity index (χ1) is 5.83. The summed E-state index contributed by atoms with van der Waals surface area (Å²) in [6.45, 7) is 0.706. The second-order valence-electron chi connectivity index (χ2n) is 2.11. The molecule has 12 heavy (non-hydrogen) atoms. The van der Waals surface area contributed by atoms with Gasteiger partial charge >= 0.3 is 0 Å². The summed E-state index contributed by atoms with van der Waals surface area (Å²) < 4.78 is 0.866. The monoisotopic (exact) mass is 225 g/mol. The Bertz CT molecular complexity index is 275. The highest BCUT2D eigenvalue weighted by molar-refractivity contribution is 9.10. The van der Waals surface area contributed by atoms with Crippen LogP contribution in [0.1, 0.15) is 6.42 Å². The molecular formula is C8H8BrN3. The lowest BCUT2D eigenvalue weighted by Crippen LogP contribution is -2.03. The first-order valence-electron chi connectivity index (χ1n) is 3.48. The summed E-state index contributed by atoms with van der Waals surface area (Å²) in [6, 6.07) is 0. The molecule has 0 aliphatic heterocycles. The minimum absolute atomic E-state index is 0.605. The largest absolute Gasteiger partial charge is 0.353 e. The van der Waals surface area contributed by atoms with E-state index in [0.29, 0.717) is 18.9 Å². The van der Waals surface area contributed by atoms with Gasteiger partial charge in [-0.15, -0.1) is 12.3 Å².